The molecule has 0 spiro atoms. The standard InChI is InChI=1S/C11H10FN3O4/c12-6-1-2-7(9(5-6)15(18)19)14-11(17)8-3-4-10(16)13-8/h1-2,5,8H,3-4H2,(H,13,16)(H,14,17). The van der Waals surface area contributed by atoms with Gasteiger partial charge in [0.05, 0.1) is 11.0 Å². The topological polar surface area (TPSA) is 101 Å². The average Bonchev–Trinajstić information content (AvgIpc) is 2.78. The van der Waals surface area contributed by atoms with Crippen molar-refractivity contribution >= 4 is 23.2 Å². The Kier molecular flexibility index (Phi) is 3.41. The average molecular weight is 267 g/mol. The number of anilines is 1. The first-order valence-electron chi connectivity index (χ1n) is 5.51. The quantitative estimate of drug-likeness (QED) is 0.628. The Hall–Kier alpha value is -2.51. The van der Waals surface area contributed by atoms with Crippen LogP contribution in [0, 0.1) is 15.9 Å². The van der Waals surface area contributed by atoms with Crippen LogP contribution in [-0.2, 0) is 9.59 Å². The number of carbonyl (C=O) groups is 2. The van der Waals surface area contributed by atoms with Gasteiger partial charge in [0.1, 0.15) is 17.5 Å². The van der Waals surface area contributed by atoms with E-state index in [9.17, 15) is 24.1 Å². The van der Waals surface area contributed by atoms with Crippen LogP contribution in [0.15, 0.2) is 18.2 Å². The highest BCUT2D eigenvalue weighted by molar-refractivity contribution is 6.00. The summed E-state index contributed by atoms with van der Waals surface area (Å²) in [6.45, 7) is 0. The maximum atomic E-state index is 12.9. The van der Waals surface area contributed by atoms with Gasteiger partial charge in [-0.15, -0.1) is 0 Å². The Bertz CT molecular complexity index is 561. The number of nitrogens with zero attached hydrogens (tertiary/aromatic N) is 1. The fraction of sp³-hybridized carbons (Fsp3) is 0.273. The van der Waals surface area contributed by atoms with Gasteiger partial charge in [0.2, 0.25) is 11.8 Å². The summed E-state index contributed by atoms with van der Waals surface area (Å²) >= 11 is 0. The van der Waals surface area contributed by atoms with Crippen LogP contribution in [0.1, 0.15) is 12.8 Å². The van der Waals surface area contributed by atoms with E-state index in [0.29, 0.717) is 6.42 Å². The third-order valence-corrected chi connectivity index (χ3v) is 2.73. The first-order chi connectivity index (χ1) is 8.97. The highest BCUT2D eigenvalue weighted by Gasteiger charge is 2.28. The Balaban J connectivity index is 2.17. The molecule has 8 heteroatoms. The molecular formula is C11H10FN3O4. The molecule has 1 aromatic rings. The molecule has 0 bridgehead atoms. The zero-order chi connectivity index (χ0) is 14.0. The number of rotatable bonds is 3. The summed E-state index contributed by atoms with van der Waals surface area (Å²) in [6, 6.07) is 2.14. The first-order valence-corrected chi connectivity index (χ1v) is 5.51. The molecule has 2 rings (SSSR count). The van der Waals surface area contributed by atoms with Crippen molar-refractivity contribution in [3.8, 4) is 0 Å². The van der Waals surface area contributed by atoms with Crippen molar-refractivity contribution in [2.75, 3.05) is 5.32 Å². The molecule has 100 valence electrons. The van der Waals surface area contributed by atoms with Crippen molar-refractivity contribution < 1.29 is 18.9 Å². The Morgan fingerprint density at radius 3 is 2.84 bits per heavy atom. The van der Waals surface area contributed by atoms with Crippen molar-refractivity contribution in [3.63, 3.8) is 0 Å². The maximum absolute atomic E-state index is 12.9. The second-order valence-electron chi connectivity index (χ2n) is 4.07. The molecule has 7 nitrogen and oxygen atoms in total. The van der Waals surface area contributed by atoms with E-state index in [1.165, 1.54) is 0 Å². The van der Waals surface area contributed by atoms with E-state index in [-0.39, 0.29) is 18.0 Å². The van der Waals surface area contributed by atoms with Crippen molar-refractivity contribution in [2.45, 2.75) is 18.9 Å². The molecule has 0 radical (unpaired) electrons. The van der Waals surface area contributed by atoms with Crippen molar-refractivity contribution in [3.05, 3.63) is 34.1 Å². The van der Waals surface area contributed by atoms with Gasteiger partial charge in [0, 0.05) is 6.42 Å². The van der Waals surface area contributed by atoms with E-state index in [4.69, 9.17) is 0 Å². The molecule has 1 aromatic carbocycles. The third-order valence-electron chi connectivity index (χ3n) is 2.73. The van der Waals surface area contributed by atoms with Gasteiger partial charge in [-0.2, -0.15) is 0 Å². The lowest BCUT2D eigenvalue weighted by Crippen LogP contribution is -2.37. The van der Waals surface area contributed by atoms with Crippen LogP contribution in [0.5, 0.6) is 0 Å². The summed E-state index contributed by atoms with van der Waals surface area (Å²) in [5.74, 6) is -1.56. The van der Waals surface area contributed by atoms with Crippen molar-refractivity contribution in [1.82, 2.24) is 5.32 Å². The molecule has 0 aromatic heterocycles. The number of carbonyl (C=O) groups excluding carboxylic acids is 2. The monoisotopic (exact) mass is 267 g/mol. The summed E-state index contributed by atoms with van der Waals surface area (Å²) in [5, 5.41) is 15.5. The molecule has 0 saturated carbocycles. The zero-order valence-corrected chi connectivity index (χ0v) is 9.68. The fourth-order valence-electron chi connectivity index (χ4n) is 1.79. The second-order valence-corrected chi connectivity index (χ2v) is 4.07. The Morgan fingerprint density at radius 2 is 2.26 bits per heavy atom. The van der Waals surface area contributed by atoms with Crippen molar-refractivity contribution in [1.29, 1.82) is 0 Å². The summed E-state index contributed by atoms with van der Waals surface area (Å²) < 4.78 is 12.9. The minimum absolute atomic E-state index is 0.0995. The molecule has 19 heavy (non-hydrogen) atoms. The molecule has 2 N–H and O–H groups in total. The minimum Gasteiger partial charge on any atom is -0.344 e. The van der Waals surface area contributed by atoms with Crippen LogP contribution < -0.4 is 10.6 Å². The zero-order valence-electron chi connectivity index (χ0n) is 9.68. The van der Waals surface area contributed by atoms with E-state index in [1.54, 1.807) is 0 Å². The van der Waals surface area contributed by atoms with Gasteiger partial charge in [-0.3, -0.25) is 19.7 Å². The van der Waals surface area contributed by atoms with Gasteiger partial charge in [0.25, 0.3) is 5.69 Å². The predicted molar refractivity (Wildman–Crippen MR) is 62.8 cm³/mol. The van der Waals surface area contributed by atoms with E-state index in [0.717, 1.165) is 18.2 Å². The van der Waals surface area contributed by atoms with Gasteiger partial charge in [0.15, 0.2) is 0 Å². The van der Waals surface area contributed by atoms with Gasteiger partial charge in [-0.1, -0.05) is 0 Å². The van der Waals surface area contributed by atoms with Crippen LogP contribution in [0.25, 0.3) is 0 Å². The number of nitro benzene ring substituents is 1. The fourth-order valence-corrected chi connectivity index (χ4v) is 1.79. The maximum Gasteiger partial charge on any atom is 0.295 e. The summed E-state index contributed by atoms with van der Waals surface area (Å²) in [7, 11) is 0. The smallest absolute Gasteiger partial charge is 0.295 e. The number of nitrogens with one attached hydrogen (secondary N) is 2. The molecule has 1 atom stereocenters. The highest BCUT2D eigenvalue weighted by Crippen LogP contribution is 2.25. The first kappa shape index (κ1) is 12.9. The van der Waals surface area contributed by atoms with Gasteiger partial charge in [-0.05, 0) is 18.6 Å². The number of amides is 2. The number of nitro groups is 1. The van der Waals surface area contributed by atoms with Crippen LogP contribution in [-0.4, -0.2) is 22.8 Å². The van der Waals surface area contributed by atoms with Crippen molar-refractivity contribution in [2.24, 2.45) is 0 Å². The van der Waals surface area contributed by atoms with Crippen LogP contribution in [0.4, 0.5) is 15.8 Å². The summed E-state index contributed by atoms with van der Waals surface area (Å²) in [5.41, 5.74) is -0.629. The Morgan fingerprint density at radius 1 is 1.53 bits per heavy atom. The summed E-state index contributed by atoms with van der Waals surface area (Å²) in [6.07, 6.45) is 0.573. The largest absolute Gasteiger partial charge is 0.344 e. The molecule has 1 unspecified atom stereocenters. The molecule has 1 aliphatic heterocycles. The van der Waals surface area contributed by atoms with Gasteiger partial charge < -0.3 is 10.6 Å². The van der Waals surface area contributed by atoms with E-state index < -0.39 is 28.4 Å². The van der Waals surface area contributed by atoms with Gasteiger partial charge >= 0.3 is 0 Å². The number of hydrogen-bond acceptors (Lipinski definition) is 4. The molecule has 1 aliphatic rings. The molecule has 2 amide bonds. The lowest BCUT2D eigenvalue weighted by molar-refractivity contribution is -0.384. The molecule has 1 saturated heterocycles. The van der Waals surface area contributed by atoms with E-state index in [1.807, 2.05) is 0 Å². The van der Waals surface area contributed by atoms with E-state index in [2.05, 4.69) is 10.6 Å². The predicted octanol–water partition coefficient (Wildman–Crippen LogP) is 0.951. The van der Waals surface area contributed by atoms with Crippen LogP contribution in [0.2, 0.25) is 0 Å². The lowest BCUT2D eigenvalue weighted by Gasteiger charge is -2.11. The molecule has 1 fully saturated rings. The Labute approximate surface area is 106 Å². The summed E-state index contributed by atoms with van der Waals surface area (Å²) in [4.78, 5) is 32.7. The van der Waals surface area contributed by atoms with Crippen LogP contribution >= 0.6 is 0 Å². The lowest BCUT2D eigenvalue weighted by atomic mass is 10.2. The molecular weight excluding hydrogens is 257 g/mol. The third kappa shape index (κ3) is 2.84. The number of halogens is 1. The number of hydrogen-bond donors (Lipinski definition) is 2. The second kappa shape index (κ2) is 5.01. The van der Waals surface area contributed by atoms with E-state index >= 15 is 0 Å². The SMILES string of the molecule is O=C1CCC(C(=O)Nc2ccc(F)cc2[N+](=O)[O-])N1. The number of benzene rings is 1. The normalized spacial score (nSPS) is 17.9. The van der Waals surface area contributed by atoms with Crippen LogP contribution in [0.3, 0.4) is 0 Å². The molecule has 1 heterocycles. The highest BCUT2D eigenvalue weighted by atomic mass is 19.1. The minimum atomic E-state index is -0.786. The molecule has 0 aliphatic carbocycles. The van der Waals surface area contributed by atoms with Gasteiger partial charge in [-0.25, -0.2) is 4.39 Å².